The topological polar surface area (TPSA) is 75.9 Å². The van der Waals surface area contributed by atoms with E-state index in [-0.39, 0.29) is 23.9 Å². The fraction of sp³-hybridized carbons (Fsp3) is 0.833. The number of hydrogen-bond acceptors (Lipinski definition) is 3. The first-order valence-corrected chi connectivity index (χ1v) is 6.52. The first-order chi connectivity index (χ1) is 8.59. The Morgan fingerprint density at radius 2 is 1.89 bits per heavy atom. The quantitative estimate of drug-likeness (QED) is 0.718. The van der Waals surface area contributed by atoms with Gasteiger partial charge in [0.1, 0.15) is 0 Å². The molecule has 2 unspecified atom stereocenters. The molecular formula is C12H21N3O3. The highest BCUT2D eigenvalue weighted by Gasteiger charge is 2.34. The molecule has 2 atom stereocenters. The SMILES string of the molecule is CC1CCC(C(N)=O)CN1C(=O)N1CCOCC1. The van der Waals surface area contributed by atoms with Gasteiger partial charge >= 0.3 is 6.03 Å². The van der Waals surface area contributed by atoms with Crippen LogP contribution >= 0.6 is 0 Å². The van der Waals surface area contributed by atoms with Gasteiger partial charge in [-0.15, -0.1) is 0 Å². The number of ether oxygens (including phenoxy) is 1. The van der Waals surface area contributed by atoms with E-state index in [9.17, 15) is 9.59 Å². The minimum atomic E-state index is -0.304. The molecule has 102 valence electrons. The average Bonchev–Trinajstić information content (AvgIpc) is 2.39. The summed E-state index contributed by atoms with van der Waals surface area (Å²) in [5.74, 6) is -0.507. The third-order valence-electron chi connectivity index (χ3n) is 3.81. The first kappa shape index (κ1) is 13.1. The molecule has 0 bridgehead atoms. The van der Waals surface area contributed by atoms with Crippen molar-refractivity contribution in [3.05, 3.63) is 0 Å². The number of carbonyl (C=O) groups excluding carboxylic acids is 2. The zero-order valence-electron chi connectivity index (χ0n) is 10.8. The van der Waals surface area contributed by atoms with Crippen LogP contribution < -0.4 is 5.73 Å². The summed E-state index contributed by atoms with van der Waals surface area (Å²) in [5, 5.41) is 0. The van der Waals surface area contributed by atoms with Crippen molar-refractivity contribution >= 4 is 11.9 Å². The minimum absolute atomic E-state index is 0.0109. The molecule has 2 aliphatic rings. The van der Waals surface area contributed by atoms with Gasteiger partial charge in [-0.25, -0.2) is 4.79 Å². The van der Waals surface area contributed by atoms with Crippen molar-refractivity contribution in [3.63, 3.8) is 0 Å². The lowest BCUT2D eigenvalue weighted by Crippen LogP contribution is -2.55. The van der Waals surface area contributed by atoms with Gasteiger partial charge in [0.25, 0.3) is 0 Å². The first-order valence-electron chi connectivity index (χ1n) is 6.52. The van der Waals surface area contributed by atoms with Crippen LogP contribution in [0.1, 0.15) is 19.8 Å². The maximum Gasteiger partial charge on any atom is 0.320 e. The largest absolute Gasteiger partial charge is 0.378 e. The van der Waals surface area contributed by atoms with E-state index in [1.165, 1.54) is 0 Å². The van der Waals surface area contributed by atoms with Crippen molar-refractivity contribution in [1.29, 1.82) is 0 Å². The lowest BCUT2D eigenvalue weighted by atomic mass is 9.93. The second-order valence-corrected chi connectivity index (χ2v) is 5.06. The summed E-state index contributed by atoms with van der Waals surface area (Å²) >= 11 is 0. The second kappa shape index (κ2) is 5.56. The van der Waals surface area contributed by atoms with Crippen molar-refractivity contribution in [2.45, 2.75) is 25.8 Å². The summed E-state index contributed by atoms with van der Waals surface area (Å²) in [4.78, 5) is 27.2. The number of nitrogens with two attached hydrogens (primary N) is 1. The molecule has 6 heteroatoms. The Hall–Kier alpha value is -1.30. The molecule has 0 aromatic heterocycles. The molecule has 2 N–H and O–H groups in total. The van der Waals surface area contributed by atoms with Gasteiger partial charge < -0.3 is 20.3 Å². The lowest BCUT2D eigenvalue weighted by molar-refractivity contribution is -0.123. The van der Waals surface area contributed by atoms with E-state index < -0.39 is 0 Å². The molecule has 18 heavy (non-hydrogen) atoms. The predicted octanol–water partition coefficient (Wildman–Crippen LogP) is 0.0244. The van der Waals surface area contributed by atoms with Crippen molar-refractivity contribution in [2.24, 2.45) is 11.7 Å². The van der Waals surface area contributed by atoms with E-state index in [0.717, 1.165) is 12.8 Å². The Labute approximate surface area is 107 Å². The average molecular weight is 255 g/mol. The van der Waals surface area contributed by atoms with E-state index in [1.807, 2.05) is 6.92 Å². The van der Waals surface area contributed by atoms with Crippen molar-refractivity contribution in [2.75, 3.05) is 32.8 Å². The summed E-state index contributed by atoms with van der Waals surface area (Å²) < 4.78 is 5.24. The van der Waals surface area contributed by atoms with E-state index in [4.69, 9.17) is 10.5 Å². The van der Waals surface area contributed by atoms with Crippen LogP contribution in [0.25, 0.3) is 0 Å². The van der Waals surface area contributed by atoms with Crippen LogP contribution in [-0.2, 0) is 9.53 Å². The van der Waals surface area contributed by atoms with Crippen molar-refractivity contribution < 1.29 is 14.3 Å². The number of likely N-dealkylation sites (tertiary alicyclic amines) is 1. The smallest absolute Gasteiger partial charge is 0.320 e. The number of rotatable bonds is 1. The molecule has 0 radical (unpaired) electrons. The van der Waals surface area contributed by atoms with Crippen molar-refractivity contribution in [3.8, 4) is 0 Å². The highest BCUT2D eigenvalue weighted by atomic mass is 16.5. The van der Waals surface area contributed by atoms with E-state index >= 15 is 0 Å². The van der Waals surface area contributed by atoms with Gasteiger partial charge in [-0.3, -0.25) is 4.79 Å². The third-order valence-corrected chi connectivity index (χ3v) is 3.81. The molecule has 2 heterocycles. The van der Waals surface area contributed by atoms with Crippen LogP contribution in [0.3, 0.4) is 0 Å². The Kier molecular flexibility index (Phi) is 4.06. The molecule has 0 spiro atoms. The van der Waals surface area contributed by atoms with E-state index in [0.29, 0.717) is 32.8 Å². The Bertz CT molecular complexity index is 329. The fourth-order valence-electron chi connectivity index (χ4n) is 2.54. The van der Waals surface area contributed by atoms with Crippen LogP contribution in [0.2, 0.25) is 0 Å². The van der Waals surface area contributed by atoms with Crippen LogP contribution in [-0.4, -0.2) is 60.6 Å². The molecule has 2 aliphatic heterocycles. The van der Waals surface area contributed by atoms with Gasteiger partial charge in [0.05, 0.1) is 19.1 Å². The highest BCUT2D eigenvalue weighted by molar-refractivity contribution is 5.79. The van der Waals surface area contributed by atoms with Gasteiger partial charge in [0.15, 0.2) is 0 Å². The van der Waals surface area contributed by atoms with Gasteiger partial charge in [-0.2, -0.15) is 0 Å². The van der Waals surface area contributed by atoms with E-state index in [1.54, 1.807) is 9.80 Å². The molecule has 2 saturated heterocycles. The monoisotopic (exact) mass is 255 g/mol. The lowest BCUT2D eigenvalue weighted by Gasteiger charge is -2.40. The van der Waals surface area contributed by atoms with Crippen LogP contribution in [0.5, 0.6) is 0 Å². The number of carbonyl (C=O) groups is 2. The number of nitrogens with zero attached hydrogens (tertiary/aromatic N) is 2. The molecule has 6 nitrogen and oxygen atoms in total. The number of hydrogen-bond donors (Lipinski definition) is 1. The zero-order valence-corrected chi connectivity index (χ0v) is 10.8. The van der Waals surface area contributed by atoms with E-state index in [2.05, 4.69) is 0 Å². The maximum absolute atomic E-state index is 12.4. The molecule has 0 aromatic rings. The number of piperidine rings is 1. The standard InChI is InChI=1S/C12H21N3O3/c1-9-2-3-10(11(13)16)8-15(9)12(17)14-4-6-18-7-5-14/h9-10H,2-8H2,1H3,(H2,13,16). The molecule has 0 aliphatic carbocycles. The number of primary amides is 1. The highest BCUT2D eigenvalue weighted by Crippen LogP contribution is 2.23. The summed E-state index contributed by atoms with van der Waals surface area (Å²) in [7, 11) is 0. The molecule has 0 aromatic carbocycles. The Balaban J connectivity index is 2.00. The molecular weight excluding hydrogens is 234 g/mol. The molecule has 2 rings (SSSR count). The Morgan fingerprint density at radius 3 is 2.50 bits per heavy atom. The van der Waals surface area contributed by atoms with Crippen LogP contribution in [0.4, 0.5) is 4.79 Å². The van der Waals surface area contributed by atoms with Crippen LogP contribution in [0.15, 0.2) is 0 Å². The van der Waals surface area contributed by atoms with Gasteiger partial charge in [0.2, 0.25) is 5.91 Å². The summed E-state index contributed by atoms with van der Waals surface area (Å²) in [5.41, 5.74) is 5.34. The predicted molar refractivity (Wildman–Crippen MR) is 65.9 cm³/mol. The second-order valence-electron chi connectivity index (χ2n) is 5.06. The number of amides is 3. The third kappa shape index (κ3) is 2.75. The fourth-order valence-corrected chi connectivity index (χ4v) is 2.54. The maximum atomic E-state index is 12.4. The van der Waals surface area contributed by atoms with Gasteiger partial charge in [-0.1, -0.05) is 0 Å². The minimum Gasteiger partial charge on any atom is -0.378 e. The number of morpholine rings is 1. The van der Waals surface area contributed by atoms with Crippen LogP contribution in [0, 0.1) is 5.92 Å². The molecule has 2 fully saturated rings. The summed E-state index contributed by atoms with van der Waals surface area (Å²) in [6, 6.07) is 0.188. The van der Waals surface area contributed by atoms with Crippen molar-refractivity contribution in [1.82, 2.24) is 9.80 Å². The zero-order chi connectivity index (χ0) is 13.1. The summed E-state index contributed by atoms with van der Waals surface area (Å²) in [6.07, 6.45) is 1.62. The summed E-state index contributed by atoms with van der Waals surface area (Å²) in [6.45, 7) is 4.91. The van der Waals surface area contributed by atoms with Gasteiger partial charge in [-0.05, 0) is 19.8 Å². The Morgan fingerprint density at radius 1 is 1.22 bits per heavy atom. The normalized spacial score (nSPS) is 29.2. The molecule has 3 amide bonds. The number of urea groups is 1. The van der Waals surface area contributed by atoms with Gasteiger partial charge in [0, 0.05) is 25.7 Å². The molecule has 0 saturated carbocycles.